The first-order valence-electron chi connectivity index (χ1n) is 15.0. The third kappa shape index (κ3) is 7.02. The fraction of sp³-hybridized carbons (Fsp3) is 0.613. The van der Waals surface area contributed by atoms with Crippen molar-refractivity contribution in [3.63, 3.8) is 0 Å². The highest BCUT2D eigenvalue weighted by Crippen LogP contribution is 2.58. The molecule has 0 aromatic heterocycles. The topological polar surface area (TPSA) is 131 Å². The number of benzene rings is 1. The van der Waals surface area contributed by atoms with Crippen LogP contribution in [0.15, 0.2) is 23.8 Å². The number of allylic oxidation sites excluding steroid dienone is 1. The molecule has 4 saturated carbocycles. The molecule has 1 heterocycles. The molecule has 0 atom stereocenters. The van der Waals surface area contributed by atoms with Crippen LogP contribution < -0.4 is 10.1 Å². The van der Waals surface area contributed by atoms with Crippen LogP contribution in [0.5, 0.6) is 11.5 Å². The number of ether oxygens (including phenoxy) is 2. The van der Waals surface area contributed by atoms with E-state index in [2.05, 4.69) is 5.32 Å². The van der Waals surface area contributed by atoms with E-state index in [-0.39, 0.29) is 43.8 Å². The van der Waals surface area contributed by atoms with Crippen LogP contribution in [0.3, 0.4) is 0 Å². The molecule has 41 heavy (non-hydrogen) atoms. The van der Waals surface area contributed by atoms with Gasteiger partial charge in [0.05, 0.1) is 13.2 Å². The summed E-state index contributed by atoms with van der Waals surface area (Å²) in [6.45, 7) is 3.31. The van der Waals surface area contributed by atoms with Crippen LogP contribution in [-0.2, 0) is 28.8 Å². The maximum absolute atomic E-state index is 12.1. The number of nitrogens with one attached hydrogen (secondary N) is 1. The number of phenolic OH excluding ortho intramolecular Hbond substituents is 1. The molecular formula is C31H40N2O8. The van der Waals surface area contributed by atoms with Gasteiger partial charge in [-0.05, 0) is 93.2 Å². The molecule has 0 radical (unpaired) electrons. The Labute approximate surface area is 240 Å². The molecule has 2 N–H and O–H groups in total. The van der Waals surface area contributed by atoms with E-state index in [1.807, 2.05) is 13.0 Å². The molecule has 1 aromatic carbocycles. The SMILES string of the molecule is CCOC(=C1C2CC3CC(C2)CC1C3)c1cc(O)cc(OCCCNC(=O)CCCC(=O)ON2C(=O)CCC2=O)c1. The summed E-state index contributed by atoms with van der Waals surface area (Å²) in [7, 11) is 0. The molecule has 0 unspecified atom stereocenters. The summed E-state index contributed by atoms with van der Waals surface area (Å²) < 4.78 is 12.2. The van der Waals surface area contributed by atoms with Crippen LogP contribution in [0.4, 0.5) is 0 Å². The van der Waals surface area contributed by atoms with Gasteiger partial charge in [-0.2, -0.15) is 0 Å². The summed E-state index contributed by atoms with van der Waals surface area (Å²) in [6.07, 6.45) is 7.30. The lowest BCUT2D eigenvalue weighted by atomic mass is 9.54. The molecule has 3 amide bonds. The Bertz CT molecular complexity index is 1160. The average Bonchev–Trinajstić information content (AvgIpc) is 3.23. The second kappa shape index (κ2) is 13.0. The quantitative estimate of drug-likeness (QED) is 0.205. The van der Waals surface area contributed by atoms with Gasteiger partial charge in [-0.15, -0.1) is 5.06 Å². The van der Waals surface area contributed by atoms with Crippen molar-refractivity contribution in [2.24, 2.45) is 23.7 Å². The summed E-state index contributed by atoms with van der Waals surface area (Å²) in [5.41, 5.74) is 2.29. The lowest BCUT2D eigenvalue weighted by Crippen LogP contribution is -2.41. The van der Waals surface area contributed by atoms with Crippen LogP contribution in [0.2, 0.25) is 0 Å². The first-order chi connectivity index (χ1) is 19.8. The van der Waals surface area contributed by atoms with Gasteiger partial charge in [0.25, 0.3) is 11.8 Å². The van der Waals surface area contributed by atoms with E-state index < -0.39 is 17.8 Å². The van der Waals surface area contributed by atoms with Gasteiger partial charge in [-0.1, -0.05) is 0 Å². The van der Waals surface area contributed by atoms with Crippen LogP contribution >= 0.6 is 0 Å². The number of carbonyl (C=O) groups excluding carboxylic acids is 4. The standard InChI is InChI=1S/C31H40N2O8/c1-2-39-31(30-21-12-19-11-20(14-21)15-22(30)13-19)23-16-24(34)18-25(17-23)40-10-4-9-32-26(35)5-3-6-29(38)41-33-27(36)7-8-28(33)37/h16-22,34H,2-15H2,1H3,(H,32,35). The Morgan fingerprint density at radius 1 is 0.951 bits per heavy atom. The Kier molecular flexibility index (Phi) is 9.15. The predicted molar refractivity (Wildman–Crippen MR) is 148 cm³/mol. The number of hydrogen-bond acceptors (Lipinski definition) is 8. The largest absolute Gasteiger partial charge is 0.508 e. The molecule has 6 rings (SSSR count). The molecule has 1 aromatic rings. The molecule has 4 bridgehead atoms. The number of carbonyl (C=O) groups is 4. The number of nitrogens with zero attached hydrogens (tertiary/aromatic N) is 1. The summed E-state index contributed by atoms with van der Waals surface area (Å²) in [4.78, 5) is 51.8. The minimum Gasteiger partial charge on any atom is -0.508 e. The van der Waals surface area contributed by atoms with Crippen molar-refractivity contribution in [1.29, 1.82) is 0 Å². The van der Waals surface area contributed by atoms with Crippen LogP contribution in [0, 0.1) is 23.7 Å². The molecule has 222 valence electrons. The molecule has 4 aliphatic carbocycles. The molecule has 10 heteroatoms. The Balaban J connectivity index is 1.06. The first kappa shape index (κ1) is 29.0. The number of amides is 3. The van der Waals surface area contributed by atoms with E-state index in [4.69, 9.17) is 14.3 Å². The number of phenols is 1. The summed E-state index contributed by atoms with van der Waals surface area (Å²) in [5.74, 6) is 2.47. The zero-order valence-electron chi connectivity index (χ0n) is 23.7. The molecule has 10 nitrogen and oxygen atoms in total. The number of imide groups is 1. The zero-order valence-corrected chi connectivity index (χ0v) is 23.7. The smallest absolute Gasteiger partial charge is 0.333 e. The van der Waals surface area contributed by atoms with Gasteiger partial charge in [0.1, 0.15) is 17.3 Å². The van der Waals surface area contributed by atoms with Crippen LogP contribution in [0.1, 0.15) is 83.1 Å². The van der Waals surface area contributed by atoms with Gasteiger partial charge in [-0.3, -0.25) is 14.4 Å². The fourth-order valence-corrected chi connectivity index (χ4v) is 7.12. The molecule has 1 saturated heterocycles. The second-order valence-electron chi connectivity index (χ2n) is 11.7. The van der Waals surface area contributed by atoms with Crippen molar-refractivity contribution in [1.82, 2.24) is 10.4 Å². The van der Waals surface area contributed by atoms with E-state index >= 15 is 0 Å². The van der Waals surface area contributed by atoms with Gasteiger partial charge >= 0.3 is 5.97 Å². The van der Waals surface area contributed by atoms with Crippen molar-refractivity contribution in [3.05, 3.63) is 29.3 Å². The van der Waals surface area contributed by atoms with Gasteiger partial charge in [-0.25, -0.2) is 4.79 Å². The number of rotatable bonds is 13. The van der Waals surface area contributed by atoms with Gasteiger partial charge in [0.15, 0.2) is 0 Å². The van der Waals surface area contributed by atoms with E-state index in [1.54, 1.807) is 12.1 Å². The molecule has 1 aliphatic heterocycles. The van der Waals surface area contributed by atoms with Crippen molar-refractivity contribution in [3.8, 4) is 11.5 Å². The van der Waals surface area contributed by atoms with E-state index in [9.17, 15) is 24.3 Å². The maximum Gasteiger partial charge on any atom is 0.333 e. The van der Waals surface area contributed by atoms with Crippen molar-refractivity contribution >= 4 is 29.5 Å². The predicted octanol–water partition coefficient (Wildman–Crippen LogP) is 4.26. The van der Waals surface area contributed by atoms with Crippen LogP contribution in [-0.4, -0.2) is 53.6 Å². The Morgan fingerprint density at radius 2 is 1.63 bits per heavy atom. The van der Waals surface area contributed by atoms with E-state index in [0.717, 1.165) is 23.2 Å². The van der Waals surface area contributed by atoms with Gasteiger partial charge in [0.2, 0.25) is 5.91 Å². The minimum absolute atomic E-state index is 0.0403. The lowest BCUT2D eigenvalue weighted by Gasteiger charge is -2.51. The Morgan fingerprint density at radius 3 is 2.29 bits per heavy atom. The third-order valence-corrected chi connectivity index (χ3v) is 8.62. The summed E-state index contributed by atoms with van der Waals surface area (Å²) >= 11 is 0. The highest BCUT2D eigenvalue weighted by molar-refractivity contribution is 6.01. The lowest BCUT2D eigenvalue weighted by molar-refractivity contribution is -0.197. The highest BCUT2D eigenvalue weighted by Gasteiger charge is 2.46. The highest BCUT2D eigenvalue weighted by atomic mass is 16.7. The zero-order chi connectivity index (χ0) is 28.9. The number of aromatic hydroxyl groups is 1. The van der Waals surface area contributed by atoms with Crippen molar-refractivity contribution in [2.75, 3.05) is 19.8 Å². The number of hydroxylamine groups is 2. The summed E-state index contributed by atoms with van der Waals surface area (Å²) in [5, 5.41) is 13.8. The first-order valence-corrected chi connectivity index (χ1v) is 15.0. The third-order valence-electron chi connectivity index (χ3n) is 8.62. The van der Waals surface area contributed by atoms with Crippen molar-refractivity contribution in [2.45, 2.75) is 77.6 Å². The average molecular weight is 569 g/mol. The Hall–Kier alpha value is -3.56. The molecule has 5 fully saturated rings. The van der Waals surface area contributed by atoms with Crippen LogP contribution in [0.25, 0.3) is 5.76 Å². The maximum atomic E-state index is 12.1. The number of hydrogen-bond donors (Lipinski definition) is 2. The van der Waals surface area contributed by atoms with E-state index in [0.29, 0.717) is 48.8 Å². The summed E-state index contributed by atoms with van der Waals surface area (Å²) in [6, 6.07) is 5.28. The molecule has 0 spiro atoms. The fourth-order valence-electron chi connectivity index (χ4n) is 7.12. The van der Waals surface area contributed by atoms with Crippen molar-refractivity contribution < 1.29 is 38.6 Å². The van der Waals surface area contributed by atoms with E-state index in [1.165, 1.54) is 37.7 Å². The van der Waals surface area contributed by atoms with Gasteiger partial charge < -0.3 is 24.7 Å². The normalized spacial score (nSPS) is 24.5. The van der Waals surface area contributed by atoms with Gasteiger partial charge in [0, 0.05) is 43.9 Å². The monoisotopic (exact) mass is 568 g/mol. The molecular weight excluding hydrogens is 528 g/mol. The second-order valence-corrected chi connectivity index (χ2v) is 11.7. The minimum atomic E-state index is -0.716. The molecule has 5 aliphatic rings.